The Kier molecular flexibility index (Phi) is 4.75. The van der Waals surface area contributed by atoms with Gasteiger partial charge in [-0.25, -0.2) is 9.79 Å². The molecule has 1 aromatic heterocycles. The van der Waals surface area contributed by atoms with E-state index in [2.05, 4.69) is 4.99 Å². The molecule has 0 radical (unpaired) electrons. The Hall–Kier alpha value is -2.09. The second-order valence-electron chi connectivity index (χ2n) is 4.85. The van der Waals surface area contributed by atoms with E-state index < -0.39 is 5.97 Å². The molecular formula is C16H11ClN2O3S2. The third kappa shape index (κ3) is 3.38. The Morgan fingerprint density at radius 1 is 1.38 bits per heavy atom. The van der Waals surface area contributed by atoms with Gasteiger partial charge in [0.1, 0.15) is 0 Å². The normalized spacial score (nSPS) is 17.9. The number of aromatic carboxylic acids is 1. The van der Waals surface area contributed by atoms with Gasteiger partial charge in [0.2, 0.25) is 0 Å². The maximum atomic E-state index is 12.3. The van der Waals surface area contributed by atoms with Gasteiger partial charge in [0.15, 0.2) is 5.17 Å². The summed E-state index contributed by atoms with van der Waals surface area (Å²) in [5.74, 6) is -1.26. The first-order valence-corrected chi connectivity index (χ1v) is 8.86. The molecule has 0 unspecified atom stereocenters. The van der Waals surface area contributed by atoms with Crippen LogP contribution in [0.3, 0.4) is 0 Å². The van der Waals surface area contributed by atoms with Gasteiger partial charge < -0.3 is 5.11 Å². The molecule has 0 atom stereocenters. The third-order valence-corrected chi connectivity index (χ3v) is 5.43. The molecule has 1 aliphatic rings. The minimum Gasteiger partial charge on any atom is -0.478 e. The number of nitrogens with zero attached hydrogens (tertiary/aromatic N) is 2. The molecule has 122 valence electrons. The number of hydrogen-bond acceptors (Lipinski definition) is 5. The first-order valence-electron chi connectivity index (χ1n) is 6.78. The zero-order valence-electron chi connectivity index (χ0n) is 12.4. The highest BCUT2D eigenvalue weighted by Gasteiger charge is 2.30. The lowest BCUT2D eigenvalue weighted by Crippen LogP contribution is -2.23. The Morgan fingerprint density at radius 2 is 2.17 bits per heavy atom. The lowest BCUT2D eigenvalue weighted by molar-refractivity contribution is -0.121. The summed E-state index contributed by atoms with van der Waals surface area (Å²) < 4.78 is 0. The van der Waals surface area contributed by atoms with E-state index in [4.69, 9.17) is 16.7 Å². The number of carbonyl (C=O) groups excluding carboxylic acids is 1. The van der Waals surface area contributed by atoms with Crippen LogP contribution in [0.25, 0.3) is 6.08 Å². The minimum absolute atomic E-state index is 0.0233. The highest BCUT2D eigenvalue weighted by atomic mass is 35.5. The van der Waals surface area contributed by atoms with Crippen molar-refractivity contribution in [2.24, 2.45) is 4.99 Å². The van der Waals surface area contributed by atoms with Crippen molar-refractivity contribution in [3.8, 4) is 0 Å². The third-order valence-electron chi connectivity index (χ3n) is 3.23. The lowest BCUT2D eigenvalue weighted by Gasteiger charge is -2.07. The summed E-state index contributed by atoms with van der Waals surface area (Å²) in [5.41, 5.74) is 0.404. The predicted molar refractivity (Wildman–Crippen MR) is 98.2 cm³/mol. The number of aliphatic imine (C=N–C) groups is 1. The average molecular weight is 379 g/mol. The number of carboxylic acid groups (broad SMARTS) is 1. The van der Waals surface area contributed by atoms with Gasteiger partial charge in [-0.15, -0.1) is 11.3 Å². The van der Waals surface area contributed by atoms with Gasteiger partial charge in [-0.05, 0) is 47.5 Å². The van der Waals surface area contributed by atoms with Gasteiger partial charge in [-0.2, -0.15) is 0 Å². The Bertz CT molecular complexity index is 875. The standard InChI is InChI=1S/C16H11ClN2O3S2/c1-19-14(20)13(8-10-3-2-6-23-10)24-16(19)18-9-4-5-12(17)11(7-9)15(21)22/h2-8H,1H3,(H,21,22)/b13-8-,18-16?. The molecule has 1 N–H and O–H groups in total. The smallest absolute Gasteiger partial charge is 0.337 e. The molecule has 2 heterocycles. The molecule has 0 spiro atoms. The van der Waals surface area contributed by atoms with Crippen LogP contribution in [0, 0.1) is 0 Å². The minimum atomic E-state index is -1.12. The molecular weight excluding hydrogens is 368 g/mol. The molecule has 24 heavy (non-hydrogen) atoms. The zero-order valence-corrected chi connectivity index (χ0v) is 14.8. The molecule has 0 aliphatic carbocycles. The molecule has 0 saturated carbocycles. The summed E-state index contributed by atoms with van der Waals surface area (Å²) in [6.07, 6.45) is 1.82. The van der Waals surface area contributed by atoms with Gasteiger partial charge in [-0.1, -0.05) is 17.7 Å². The number of carboxylic acids is 1. The van der Waals surface area contributed by atoms with Crippen LogP contribution in [-0.4, -0.2) is 34.1 Å². The number of amides is 1. The lowest BCUT2D eigenvalue weighted by atomic mass is 10.2. The van der Waals surface area contributed by atoms with Crippen molar-refractivity contribution in [1.82, 2.24) is 4.90 Å². The second kappa shape index (κ2) is 6.80. The highest BCUT2D eigenvalue weighted by molar-refractivity contribution is 8.18. The van der Waals surface area contributed by atoms with Crippen molar-refractivity contribution in [1.29, 1.82) is 0 Å². The monoisotopic (exact) mass is 378 g/mol. The number of benzene rings is 1. The van der Waals surface area contributed by atoms with E-state index in [1.807, 2.05) is 23.6 Å². The van der Waals surface area contributed by atoms with Crippen molar-refractivity contribution in [3.05, 3.63) is 56.1 Å². The van der Waals surface area contributed by atoms with Gasteiger partial charge in [-0.3, -0.25) is 9.69 Å². The van der Waals surface area contributed by atoms with Crippen LogP contribution >= 0.6 is 34.7 Å². The Labute approximate surface area is 151 Å². The van der Waals surface area contributed by atoms with Crippen molar-refractivity contribution >= 4 is 63.5 Å². The summed E-state index contributed by atoms with van der Waals surface area (Å²) in [6.45, 7) is 0. The molecule has 3 rings (SSSR count). The SMILES string of the molecule is CN1C(=O)/C(=C/c2cccs2)SC1=Nc1ccc(Cl)c(C(=O)O)c1. The zero-order chi connectivity index (χ0) is 17.3. The number of carbonyl (C=O) groups is 2. The summed E-state index contributed by atoms with van der Waals surface area (Å²) >= 11 is 8.65. The molecule has 1 amide bonds. The number of halogens is 1. The Balaban J connectivity index is 1.92. The van der Waals surface area contributed by atoms with E-state index in [0.717, 1.165) is 4.88 Å². The molecule has 0 bridgehead atoms. The molecule has 1 saturated heterocycles. The summed E-state index contributed by atoms with van der Waals surface area (Å²) in [6, 6.07) is 8.33. The molecule has 2 aromatic rings. The molecule has 5 nitrogen and oxygen atoms in total. The fourth-order valence-corrected chi connectivity index (χ4v) is 3.92. The number of thiophene rings is 1. The maximum absolute atomic E-state index is 12.3. The first kappa shape index (κ1) is 16.8. The summed E-state index contributed by atoms with van der Waals surface area (Å²) in [4.78, 5) is 30.8. The number of hydrogen-bond donors (Lipinski definition) is 1. The fourth-order valence-electron chi connectivity index (χ4n) is 2.01. The van der Waals surface area contributed by atoms with Gasteiger partial charge in [0.05, 0.1) is 21.2 Å². The van der Waals surface area contributed by atoms with Crippen LogP contribution in [0.15, 0.2) is 45.6 Å². The van der Waals surface area contributed by atoms with Crippen LogP contribution in [-0.2, 0) is 4.79 Å². The number of likely N-dealkylation sites (N-methyl/N-ethyl adjacent to an activating group) is 1. The van der Waals surface area contributed by atoms with E-state index in [-0.39, 0.29) is 16.5 Å². The van der Waals surface area contributed by atoms with Gasteiger partial charge >= 0.3 is 5.97 Å². The van der Waals surface area contributed by atoms with Gasteiger partial charge in [0, 0.05) is 11.9 Å². The first-order chi connectivity index (χ1) is 11.5. The van der Waals surface area contributed by atoms with Crippen molar-refractivity contribution in [2.75, 3.05) is 7.05 Å². The van der Waals surface area contributed by atoms with E-state index in [0.29, 0.717) is 15.8 Å². The number of thioether (sulfide) groups is 1. The van der Waals surface area contributed by atoms with E-state index in [1.165, 1.54) is 28.8 Å². The second-order valence-corrected chi connectivity index (χ2v) is 7.25. The van der Waals surface area contributed by atoms with Crippen LogP contribution in [0.2, 0.25) is 5.02 Å². The topological polar surface area (TPSA) is 70.0 Å². The summed E-state index contributed by atoms with van der Waals surface area (Å²) in [5, 5.41) is 11.7. The highest BCUT2D eigenvalue weighted by Crippen LogP contribution is 2.34. The van der Waals surface area contributed by atoms with E-state index in [9.17, 15) is 9.59 Å². The van der Waals surface area contributed by atoms with Crippen LogP contribution in [0.4, 0.5) is 5.69 Å². The van der Waals surface area contributed by atoms with Crippen LogP contribution < -0.4 is 0 Å². The van der Waals surface area contributed by atoms with Gasteiger partial charge in [0.25, 0.3) is 5.91 Å². The van der Waals surface area contributed by atoms with Crippen LogP contribution in [0.1, 0.15) is 15.2 Å². The van der Waals surface area contributed by atoms with Crippen LogP contribution in [0.5, 0.6) is 0 Å². The molecule has 1 fully saturated rings. The molecule has 1 aromatic carbocycles. The van der Waals surface area contributed by atoms with E-state index >= 15 is 0 Å². The average Bonchev–Trinajstić information content (AvgIpc) is 3.14. The van der Waals surface area contributed by atoms with E-state index in [1.54, 1.807) is 24.5 Å². The quantitative estimate of drug-likeness (QED) is 0.807. The molecule has 1 aliphatic heterocycles. The Morgan fingerprint density at radius 3 is 2.83 bits per heavy atom. The number of rotatable bonds is 3. The van der Waals surface area contributed by atoms with Crippen molar-refractivity contribution < 1.29 is 14.7 Å². The predicted octanol–water partition coefficient (Wildman–Crippen LogP) is 4.33. The maximum Gasteiger partial charge on any atom is 0.337 e. The van der Waals surface area contributed by atoms with Crippen molar-refractivity contribution in [3.63, 3.8) is 0 Å². The summed E-state index contributed by atoms with van der Waals surface area (Å²) in [7, 11) is 1.64. The number of amidine groups is 1. The van der Waals surface area contributed by atoms with Crippen molar-refractivity contribution in [2.45, 2.75) is 0 Å². The fraction of sp³-hybridized carbons (Fsp3) is 0.0625. The molecule has 8 heteroatoms. The largest absolute Gasteiger partial charge is 0.478 e.